The van der Waals surface area contributed by atoms with Gasteiger partial charge in [0.15, 0.2) is 0 Å². The standard InChI is InChI=1S/C19H24N2O5/c1-2-25-18(23)12-8-15-16(22)13-9-21(10-14(13)17(12)26-15)19(24)20-11-6-4-3-5-7-11/h3-7,12-17,22H,2,8-10H2,1H3,(H,20,24)/t12-,13+,14-,15-,16-,17+/m0/s1. The highest BCUT2D eigenvalue weighted by atomic mass is 16.5. The molecular formula is C19H24N2O5. The van der Waals surface area contributed by atoms with E-state index in [0.29, 0.717) is 26.1 Å². The third-order valence-electron chi connectivity index (χ3n) is 5.77. The minimum absolute atomic E-state index is 0.0559. The van der Waals surface area contributed by atoms with E-state index in [1.807, 2.05) is 30.3 Å². The van der Waals surface area contributed by atoms with Crippen LogP contribution in [0, 0.1) is 17.8 Å². The zero-order valence-electron chi connectivity index (χ0n) is 14.7. The van der Waals surface area contributed by atoms with Gasteiger partial charge in [-0.3, -0.25) is 4.79 Å². The van der Waals surface area contributed by atoms with Crippen molar-refractivity contribution < 1.29 is 24.2 Å². The van der Waals surface area contributed by atoms with Gasteiger partial charge >= 0.3 is 12.0 Å². The van der Waals surface area contributed by atoms with Gasteiger partial charge in [-0.05, 0) is 25.5 Å². The van der Waals surface area contributed by atoms with Gasteiger partial charge in [0.25, 0.3) is 0 Å². The fraction of sp³-hybridized carbons (Fsp3) is 0.579. The molecule has 3 aliphatic heterocycles. The number of aliphatic hydroxyl groups excluding tert-OH is 1. The SMILES string of the molecule is CCOC(=O)[C@H]1C[C@@H]2O[C@H]1[C@H]1CN(C(=O)Nc3ccccc3)C[C@H]1[C@@H]2O. The average molecular weight is 360 g/mol. The monoisotopic (exact) mass is 360 g/mol. The fourth-order valence-corrected chi connectivity index (χ4v) is 4.56. The van der Waals surface area contributed by atoms with Gasteiger partial charge < -0.3 is 24.8 Å². The summed E-state index contributed by atoms with van der Waals surface area (Å²) >= 11 is 0. The number of urea groups is 1. The number of likely N-dealkylation sites (tertiary alicyclic amines) is 1. The Morgan fingerprint density at radius 2 is 2.00 bits per heavy atom. The number of esters is 1. The first-order valence-electron chi connectivity index (χ1n) is 9.19. The number of nitrogens with one attached hydrogen (secondary N) is 1. The summed E-state index contributed by atoms with van der Waals surface area (Å²) < 4.78 is 11.1. The number of aliphatic hydroxyl groups is 1. The molecule has 0 aromatic heterocycles. The molecule has 0 radical (unpaired) electrons. The number of para-hydroxylation sites is 1. The smallest absolute Gasteiger partial charge is 0.321 e. The number of carbonyl (C=O) groups is 2. The lowest BCUT2D eigenvalue weighted by atomic mass is 9.83. The maximum Gasteiger partial charge on any atom is 0.321 e. The van der Waals surface area contributed by atoms with Crippen molar-refractivity contribution in [3.8, 4) is 0 Å². The molecule has 7 heteroatoms. The van der Waals surface area contributed by atoms with E-state index in [9.17, 15) is 14.7 Å². The molecule has 0 saturated carbocycles. The van der Waals surface area contributed by atoms with Crippen molar-refractivity contribution in [1.29, 1.82) is 0 Å². The highest BCUT2D eigenvalue weighted by molar-refractivity contribution is 5.89. The van der Waals surface area contributed by atoms with Crippen LogP contribution in [0.4, 0.5) is 10.5 Å². The van der Waals surface area contributed by atoms with E-state index in [0.717, 1.165) is 5.69 Å². The van der Waals surface area contributed by atoms with Gasteiger partial charge in [-0.1, -0.05) is 18.2 Å². The molecular weight excluding hydrogens is 336 g/mol. The molecule has 1 aromatic carbocycles. The van der Waals surface area contributed by atoms with E-state index >= 15 is 0 Å². The number of hydrogen-bond acceptors (Lipinski definition) is 5. The first-order chi connectivity index (χ1) is 12.6. The van der Waals surface area contributed by atoms with Crippen LogP contribution in [0.5, 0.6) is 0 Å². The van der Waals surface area contributed by atoms with E-state index in [4.69, 9.17) is 9.47 Å². The minimum atomic E-state index is -0.662. The molecule has 0 aliphatic carbocycles. The first kappa shape index (κ1) is 17.3. The van der Waals surface area contributed by atoms with E-state index in [1.165, 1.54) is 0 Å². The summed E-state index contributed by atoms with van der Waals surface area (Å²) in [5, 5.41) is 13.5. The Balaban J connectivity index is 1.47. The Labute approximate surface area is 152 Å². The Morgan fingerprint density at radius 3 is 2.73 bits per heavy atom. The number of rotatable bonds is 3. The Bertz CT molecular complexity index is 682. The largest absolute Gasteiger partial charge is 0.466 e. The van der Waals surface area contributed by atoms with Crippen molar-refractivity contribution in [3.63, 3.8) is 0 Å². The van der Waals surface area contributed by atoms with Crippen molar-refractivity contribution in [2.75, 3.05) is 25.0 Å². The molecule has 3 fully saturated rings. The van der Waals surface area contributed by atoms with Crippen molar-refractivity contribution in [2.45, 2.75) is 31.7 Å². The molecule has 2 N–H and O–H groups in total. The number of nitrogens with zero attached hydrogens (tertiary/aromatic N) is 1. The Kier molecular flexibility index (Phi) is 4.58. The number of fused-ring (bicyclic) bond motifs is 4. The summed E-state index contributed by atoms with van der Waals surface area (Å²) in [6.07, 6.45) is -0.812. The summed E-state index contributed by atoms with van der Waals surface area (Å²) in [6, 6.07) is 9.08. The first-order valence-corrected chi connectivity index (χ1v) is 9.19. The molecule has 3 heterocycles. The number of ether oxygens (including phenoxy) is 2. The zero-order valence-corrected chi connectivity index (χ0v) is 14.7. The molecule has 0 spiro atoms. The topological polar surface area (TPSA) is 88.1 Å². The van der Waals surface area contributed by atoms with Gasteiger partial charge in [0.05, 0.1) is 30.8 Å². The van der Waals surface area contributed by atoms with Crippen LogP contribution in [0.2, 0.25) is 0 Å². The predicted molar refractivity (Wildman–Crippen MR) is 93.4 cm³/mol. The van der Waals surface area contributed by atoms with Crippen LogP contribution in [0.25, 0.3) is 0 Å². The molecule has 2 bridgehead atoms. The quantitative estimate of drug-likeness (QED) is 0.797. The van der Waals surface area contributed by atoms with Crippen molar-refractivity contribution in [1.82, 2.24) is 4.90 Å². The maximum absolute atomic E-state index is 12.6. The van der Waals surface area contributed by atoms with Gasteiger partial charge in [0.2, 0.25) is 0 Å². The molecule has 2 amide bonds. The highest BCUT2D eigenvalue weighted by Gasteiger charge is 2.58. The molecule has 1 aromatic rings. The molecule has 26 heavy (non-hydrogen) atoms. The maximum atomic E-state index is 12.6. The lowest BCUT2D eigenvalue weighted by molar-refractivity contribution is -0.157. The third-order valence-corrected chi connectivity index (χ3v) is 5.77. The second kappa shape index (κ2) is 6.89. The van der Waals surface area contributed by atoms with E-state index in [2.05, 4.69) is 5.32 Å². The van der Waals surface area contributed by atoms with Crippen LogP contribution in [0.3, 0.4) is 0 Å². The number of amides is 2. The van der Waals surface area contributed by atoms with Crippen LogP contribution < -0.4 is 5.32 Å². The molecule has 140 valence electrons. The molecule has 3 aliphatic rings. The normalized spacial score (nSPS) is 35.1. The summed E-state index contributed by atoms with van der Waals surface area (Å²) in [5.74, 6) is -0.749. The summed E-state index contributed by atoms with van der Waals surface area (Å²) in [5.41, 5.74) is 0.732. The Morgan fingerprint density at radius 1 is 1.27 bits per heavy atom. The second-order valence-electron chi connectivity index (χ2n) is 7.25. The van der Waals surface area contributed by atoms with Crippen LogP contribution in [0.1, 0.15) is 13.3 Å². The fourth-order valence-electron chi connectivity index (χ4n) is 4.56. The third kappa shape index (κ3) is 2.95. The molecule has 7 nitrogen and oxygen atoms in total. The van der Waals surface area contributed by atoms with Gasteiger partial charge in [-0.25, -0.2) is 4.79 Å². The van der Waals surface area contributed by atoms with Crippen molar-refractivity contribution in [3.05, 3.63) is 30.3 Å². The van der Waals surface area contributed by atoms with Gasteiger partial charge in [-0.2, -0.15) is 0 Å². The Hall–Kier alpha value is -2.12. The number of hydrogen-bond donors (Lipinski definition) is 2. The highest BCUT2D eigenvalue weighted by Crippen LogP contribution is 2.47. The second-order valence-corrected chi connectivity index (χ2v) is 7.25. The average Bonchev–Trinajstić information content (AvgIpc) is 3.25. The van der Waals surface area contributed by atoms with E-state index in [1.54, 1.807) is 11.8 Å². The van der Waals surface area contributed by atoms with Crippen LogP contribution in [-0.4, -0.2) is 60.0 Å². The number of carbonyl (C=O) groups excluding carboxylic acids is 2. The predicted octanol–water partition coefficient (Wildman–Crippen LogP) is 1.48. The summed E-state index contributed by atoms with van der Waals surface area (Å²) in [6.45, 7) is 3.04. The van der Waals surface area contributed by atoms with Gasteiger partial charge in [-0.15, -0.1) is 0 Å². The number of benzene rings is 1. The zero-order chi connectivity index (χ0) is 18.3. The van der Waals surface area contributed by atoms with Crippen LogP contribution in [-0.2, 0) is 14.3 Å². The van der Waals surface area contributed by atoms with Gasteiger partial charge in [0, 0.05) is 30.6 Å². The van der Waals surface area contributed by atoms with Gasteiger partial charge in [0.1, 0.15) is 0 Å². The molecule has 3 saturated heterocycles. The number of anilines is 1. The molecule has 0 unspecified atom stereocenters. The van der Waals surface area contributed by atoms with E-state index < -0.39 is 6.10 Å². The van der Waals surface area contributed by atoms with Crippen molar-refractivity contribution >= 4 is 17.7 Å². The molecule has 4 rings (SSSR count). The minimum Gasteiger partial charge on any atom is -0.466 e. The lowest BCUT2D eigenvalue weighted by Crippen LogP contribution is -2.46. The lowest BCUT2D eigenvalue weighted by Gasteiger charge is -2.35. The summed E-state index contributed by atoms with van der Waals surface area (Å²) in [7, 11) is 0. The van der Waals surface area contributed by atoms with Crippen LogP contribution in [0.15, 0.2) is 30.3 Å². The van der Waals surface area contributed by atoms with Crippen molar-refractivity contribution in [2.24, 2.45) is 17.8 Å². The molecule has 6 atom stereocenters. The van der Waals surface area contributed by atoms with Crippen LogP contribution >= 0.6 is 0 Å². The van der Waals surface area contributed by atoms with E-state index in [-0.39, 0.29) is 42.0 Å². The summed E-state index contributed by atoms with van der Waals surface area (Å²) in [4.78, 5) is 26.6.